The van der Waals surface area contributed by atoms with Gasteiger partial charge in [-0.25, -0.2) is 4.99 Å². The number of carbonyl (C=O) groups excluding carboxylic acids is 1. The third-order valence-electron chi connectivity index (χ3n) is 2.89. The summed E-state index contributed by atoms with van der Waals surface area (Å²) in [5.74, 6) is 0.419. The minimum Gasteiger partial charge on any atom is -0.267 e. The summed E-state index contributed by atoms with van der Waals surface area (Å²) in [5, 5.41) is 11.0. The van der Waals surface area contributed by atoms with Gasteiger partial charge in [0.1, 0.15) is 0 Å². The Morgan fingerprint density at radius 1 is 1.32 bits per heavy atom. The lowest BCUT2D eigenvalue weighted by molar-refractivity contribution is -0.385. The maximum Gasteiger partial charge on any atom is 0.278 e. The van der Waals surface area contributed by atoms with Crippen LogP contribution in [0.5, 0.6) is 0 Å². The SMILES string of the molecule is O=C1N=C(c2ccccc2[N+](=O)[O-])C=C2SCC=C12. The summed E-state index contributed by atoms with van der Waals surface area (Å²) < 4.78 is 0. The van der Waals surface area contributed by atoms with Gasteiger partial charge in [-0.15, -0.1) is 11.8 Å². The number of nitro benzene ring substituents is 1. The summed E-state index contributed by atoms with van der Waals surface area (Å²) in [5.41, 5.74) is 1.30. The molecular formula is C13H8N2O3S. The molecule has 1 aromatic rings. The average molecular weight is 272 g/mol. The Morgan fingerprint density at radius 3 is 2.89 bits per heavy atom. The number of nitro groups is 1. The fourth-order valence-corrected chi connectivity index (χ4v) is 2.97. The van der Waals surface area contributed by atoms with Gasteiger partial charge in [-0.1, -0.05) is 18.2 Å². The van der Waals surface area contributed by atoms with Gasteiger partial charge in [0.15, 0.2) is 0 Å². The lowest BCUT2D eigenvalue weighted by Gasteiger charge is -2.10. The first kappa shape index (κ1) is 11.9. The highest BCUT2D eigenvalue weighted by molar-refractivity contribution is 8.03. The van der Waals surface area contributed by atoms with E-state index in [1.807, 2.05) is 6.08 Å². The fraction of sp³-hybridized carbons (Fsp3) is 0.0769. The summed E-state index contributed by atoms with van der Waals surface area (Å²) >= 11 is 1.54. The molecule has 2 aliphatic rings. The largest absolute Gasteiger partial charge is 0.278 e. The van der Waals surface area contributed by atoms with Crippen molar-refractivity contribution in [2.24, 2.45) is 4.99 Å². The summed E-state index contributed by atoms with van der Waals surface area (Å²) in [6, 6.07) is 6.31. The van der Waals surface area contributed by atoms with E-state index < -0.39 is 4.92 Å². The molecule has 1 amide bonds. The number of rotatable bonds is 2. The number of nitrogens with zero attached hydrogens (tertiary/aromatic N) is 2. The number of dihydropyridines is 1. The quantitative estimate of drug-likeness (QED) is 0.612. The second kappa shape index (κ2) is 4.47. The molecule has 0 bridgehead atoms. The van der Waals surface area contributed by atoms with Gasteiger partial charge in [0, 0.05) is 16.7 Å². The number of hydrogen-bond donors (Lipinski definition) is 0. The van der Waals surface area contributed by atoms with E-state index in [2.05, 4.69) is 4.99 Å². The number of thioether (sulfide) groups is 1. The summed E-state index contributed by atoms with van der Waals surface area (Å²) in [6.07, 6.45) is 3.58. The molecule has 5 nitrogen and oxygen atoms in total. The van der Waals surface area contributed by atoms with Crippen molar-refractivity contribution in [3.8, 4) is 0 Å². The van der Waals surface area contributed by atoms with Gasteiger partial charge in [-0.05, 0) is 12.1 Å². The van der Waals surface area contributed by atoms with Crippen LogP contribution in [0.25, 0.3) is 0 Å². The number of amides is 1. The van der Waals surface area contributed by atoms with Crippen LogP contribution in [0, 0.1) is 10.1 Å². The monoisotopic (exact) mass is 272 g/mol. The maximum absolute atomic E-state index is 11.9. The second-order valence-electron chi connectivity index (χ2n) is 4.01. The van der Waals surface area contributed by atoms with Crippen LogP contribution in [0.15, 0.2) is 51.9 Å². The Balaban J connectivity index is 2.12. The number of fused-ring (bicyclic) bond motifs is 1. The lowest BCUT2D eigenvalue weighted by atomic mass is 10.0. The van der Waals surface area contributed by atoms with Crippen molar-refractivity contribution in [1.29, 1.82) is 0 Å². The van der Waals surface area contributed by atoms with Crippen molar-refractivity contribution < 1.29 is 9.72 Å². The van der Waals surface area contributed by atoms with Crippen molar-refractivity contribution in [2.75, 3.05) is 5.75 Å². The van der Waals surface area contributed by atoms with Crippen molar-refractivity contribution >= 4 is 29.1 Å². The molecule has 0 spiro atoms. The van der Waals surface area contributed by atoms with Crippen LogP contribution in [0.4, 0.5) is 5.69 Å². The highest BCUT2D eigenvalue weighted by Crippen LogP contribution is 2.35. The van der Waals surface area contributed by atoms with Gasteiger partial charge in [0.25, 0.3) is 11.6 Å². The number of aliphatic imine (C=N–C) groups is 1. The third kappa shape index (κ3) is 2.00. The first-order valence-electron chi connectivity index (χ1n) is 5.58. The molecule has 1 aromatic carbocycles. The molecule has 0 atom stereocenters. The first-order chi connectivity index (χ1) is 9.16. The van der Waals surface area contributed by atoms with Crippen LogP contribution in [0.1, 0.15) is 5.56 Å². The summed E-state index contributed by atoms with van der Waals surface area (Å²) in [6.45, 7) is 0. The number of hydrogen-bond acceptors (Lipinski definition) is 4. The van der Waals surface area contributed by atoms with E-state index in [0.717, 1.165) is 10.7 Å². The highest BCUT2D eigenvalue weighted by atomic mass is 32.2. The smallest absolute Gasteiger partial charge is 0.267 e. The molecule has 0 aliphatic carbocycles. The predicted molar refractivity (Wildman–Crippen MR) is 73.3 cm³/mol. The molecule has 2 aliphatic heterocycles. The van der Waals surface area contributed by atoms with Crippen molar-refractivity contribution in [2.45, 2.75) is 0 Å². The van der Waals surface area contributed by atoms with Gasteiger partial charge in [0.2, 0.25) is 0 Å². The van der Waals surface area contributed by atoms with Gasteiger partial charge < -0.3 is 0 Å². The van der Waals surface area contributed by atoms with E-state index in [-0.39, 0.29) is 11.6 Å². The van der Waals surface area contributed by atoms with Crippen LogP contribution in [-0.4, -0.2) is 22.3 Å². The van der Waals surface area contributed by atoms with Crippen LogP contribution in [-0.2, 0) is 4.79 Å². The Kier molecular flexibility index (Phi) is 2.79. The van der Waals surface area contributed by atoms with E-state index >= 15 is 0 Å². The van der Waals surface area contributed by atoms with Gasteiger partial charge in [0.05, 0.1) is 21.8 Å². The number of benzene rings is 1. The minimum absolute atomic E-state index is 0.0404. The highest BCUT2D eigenvalue weighted by Gasteiger charge is 2.27. The van der Waals surface area contributed by atoms with Crippen molar-refractivity contribution in [3.63, 3.8) is 0 Å². The number of allylic oxidation sites excluding steroid dienone is 1. The molecule has 6 heteroatoms. The Morgan fingerprint density at radius 2 is 2.11 bits per heavy atom. The van der Waals surface area contributed by atoms with E-state index in [1.54, 1.807) is 24.3 Å². The minimum atomic E-state index is -0.464. The standard InChI is InChI=1S/C13H8N2O3S/c16-13-9-5-6-19-12(9)7-10(14-13)8-3-1-2-4-11(8)15(17)18/h1-5,7H,6H2. The molecule has 0 aromatic heterocycles. The van der Waals surface area contributed by atoms with Crippen LogP contribution in [0.3, 0.4) is 0 Å². The molecule has 0 unspecified atom stereocenters. The molecule has 0 saturated carbocycles. The van der Waals surface area contributed by atoms with Crippen molar-refractivity contribution in [1.82, 2.24) is 0 Å². The lowest BCUT2D eigenvalue weighted by Crippen LogP contribution is -2.12. The summed E-state index contributed by atoms with van der Waals surface area (Å²) in [4.78, 5) is 27.2. The van der Waals surface area contributed by atoms with Crippen LogP contribution >= 0.6 is 11.8 Å². The Labute approximate surface area is 112 Å². The molecule has 0 fully saturated rings. The molecule has 19 heavy (non-hydrogen) atoms. The van der Waals surface area contributed by atoms with Crippen molar-refractivity contribution in [3.05, 3.63) is 62.6 Å². The Hall–Kier alpha value is -2.21. The normalized spacial score (nSPS) is 17.5. The predicted octanol–water partition coefficient (Wildman–Crippen LogP) is 2.48. The second-order valence-corrected chi connectivity index (χ2v) is 5.08. The van der Waals surface area contributed by atoms with Gasteiger partial charge in [-0.2, -0.15) is 0 Å². The zero-order valence-electron chi connectivity index (χ0n) is 9.70. The average Bonchev–Trinajstić information content (AvgIpc) is 2.87. The van der Waals surface area contributed by atoms with E-state index in [4.69, 9.17) is 0 Å². The van der Waals surface area contributed by atoms with Crippen LogP contribution < -0.4 is 0 Å². The zero-order valence-corrected chi connectivity index (χ0v) is 10.5. The molecule has 0 radical (unpaired) electrons. The molecule has 0 saturated heterocycles. The van der Waals surface area contributed by atoms with E-state index in [1.165, 1.54) is 17.8 Å². The molecule has 94 valence electrons. The molecule has 0 N–H and O–H groups in total. The molecule has 3 rings (SSSR count). The topological polar surface area (TPSA) is 72.6 Å². The maximum atomic E-state index is 11.9. The van der Waals surface area contributed by atoms with Crippen LogP contribution in [0.2, 0.25) is 0 Å². The van der Waals surface area contributed by atoms with Gasteiger partial charge in [-0.3, -0.25) is 14.9 Å². The van der Waals surface area contributed by atoms with E-state index in [9.17, 15) is 14.9 Å². The zero-order chi connectivity index (χ0) is 13.4. The number of para-hydroxylation sites is 1. The molecular weight excluding hydrogens is 264 g/mol. The molecule has 2 heterocycles. The number of carbonyl (C=O) groups is 1. The third-order valence-corrected chi connectivity index (χ3v) is 3.87. The fourth-order valence-electron chi connectivity index (χ4n) is 2.02. The summed E-state index contributed by atoms with van der Waals surface area (Å²) in [7, 11) is 0. The van der Waals surface area contributed by atoms with Gasteiger partial charge >= 0.3 is 0 Å². The van der Waals surface area contributed by atoms with E-state index in [0.29, 0.717) is 16.8 Å². The Bertz CT molecular complexity index is 689. The first-order valence-corrected chi connectivity index (χ1v) is 6.57.